The Morgan fingerprint density at radius 2 is 2.18 bits per heavy atom. The van der Waals surface area contributed by atoms with Gasteiger partial charge in [0, 0.05) is 17.3 Å². The van der Waals surface area contributed by atoms with E-state index in [1.165, 1.54) is 0 Å². The molecule has 0 radical (unpaired) electrons. The van der Waals surface area contributed by atoms with Gasteiger partial charge in [0.25, 0.3) is 0 Å². The van der Waals surface area contributed by atoms with E-state index in [1.54, 1.807) is 6.20 Å². The van der Waals surface area contributed by atoms with Gasteiger partial charge in [0.05, 0.1) is 0 Å². The van der Waals surface area contributed by atoms with Crippen molar-refractivity contribution >= 4 is 5.82 Å². The molecule has 1 aromatic rings. The first-order valence-electron chi connectivity index (χ1n) is 3.72. The largest absolute Gasteiger partial charge is 0.383 e. The third-order valence-corrected chi connectivity index (χ3v) is 2.16. The Morgan fingerprint density at radius 3 is 2.73 bits per heavy atom. The predicted molar refractivity (Wildman–Crippen MR) is 43.7 cm³/mol. The quantitative estimate of drug-likeness (QED) is 0.615. The van der Waals surface area contributed by atoms with E-state index in [9.17, 15) is 0 Å². The first-order chi connectivity index (χ1) is 5.22. The van der Waals surface area contributed by atoms with Gasteiger partial charge in [0.1, 0.15) is 5.82 Å². The molecule has 1 heterocycles. The summed E-state index contributed by atoms with van der Waals surface area (Å²) in [6, 6.07) is 3.83. The van der Waals surface area contributed by atoms with Crippen LogP contribution >= 0.6 is 0 Å². The van der Waals surface area contributed by atoms with Gasteiger partial charge in [-0.3, -0.25) is 0 Å². The van der Waals surface area contributed by atoms with E-state index < -0.39 is 0 Å². The van der Waals surface area contributed by atoms with E-state index in [0.717, 1.165) is 18.4 Å². The van der Waals surface area contributed by atoms with Gasteiger partial charge in [-0.2, -0.15) is 0 Å². The van der Waals surface area contributed by atoms with Crippen LogP contribution in [-0.4, -0.2) is 4.98 Å². The van der Waals surface area contributed by atoms with E-state index in [2.05, 4.69) is 4.98 Å². The molecule has 1 aliphatic rings. The fourth-order valence-electron chi connectivity index (χ4n) is 1.24. The molecule has 3 heteroatoms. The minimum atomic E-state index is -0.154. The SMILES string of the molecule is Nc1ncccc1C1(N)CC1. The normalized spacial score (nSPS) is 19.7. The highest BCUT2D eigenvalue weighted by atomic mass is 14.9. The number of nitrogens with zero attached hydrogens (tertiary/aromatic N) is 1. The summed E-state index contributed by atoms with van der Waals surface area (Å²) in [7, 11) is 0. The zero-order valence-electron chi connectivity index (χ0n) is 6.25. The average molecular weight is 149 g/mol. The monoisotopic (exact) mass is 149 g/mol. The van der Waals surface area contributed by atoms with Gasteiger partial charge < -0.3 is 11.5 Å². The molecular formula is C8H11N3. The molecule has 1 saturated carbocycles. The fraction of sp³-hybridized carbons (Fsp3) is 0.375. The molecule has 1 aliphatic carbocycles. The fourth-order valence-corrected chi connectivity index (χ4v) is 1.24. The van der Waals surface area contributed by atoms with Gasteiger partial charge in [-0.25, -0.2) is 4.98 Å². The van der Waals surface area contributed by atoms with Crippen LogP contribution in [0.4, 0.5) is 5.82 Å². The first-order valence-corrected chi connectivity index (χ1v) is 3.72. The number of pyridine rings is 1. The second kappa shape index (κ2) is 1.95. The smallest absolute Gasteiger partial charge is 0.128 e. The summed E-state index contributed by atoms with van der Waals surface area (Å²) >= 11 is 0. The Kier molecular flexibility index (Phi) is 1.17. The van der Waals surface area contributed by atoms with Gasteiger partial charge in [-0.1, -0.05) is 6.07 Å². The van der Waals surface area contributed by atoms with Crippen molar-refractivity contribution in [1.82, 2.24) is 4.98 Å². The molecule has 0 unspecified atom stereocenters. The number of rotatable bonds is 1. The zero-order valence-corrected chi connectivity index (χ0v) is 6.25. The number of nitrogens with two attached hydrogens (primary N) is 2. The van der Waals surface area contributed by atoms with Crippen molar-refractivity contribution in [3.8, 4) is 0 Å². The van der Waals surface area contributed by atoms with E-state index in [1.807, 2.05) is 12.1 Å². The maximum absolute atomic E-state index is 5.95. The lowest BCUT2D eigenvalue weighted by Gasteiger charge is -2.09. The Balaban J connectivity index is 2.45. The summed E-state index contributed by atoms with van der Waals surface area (Å²) in [6.45, 7) is 0. The van der Waals surface area contributed by atoms with Crippen molar-refractivity contribution in [1.29, 1.82) is 0 Å². The first kappa shape index (κ1) is 6.61. The van der Waals surface area contributed by atoms with E-state index in [-0.39, 0.29) is 5.54 Å². The van der Waals surface area contributed by atoms with Crippen molar-refractivity contribution in [2.75, 3.05) is 5.73 Å². The maximum atomic E-state index is 5.95. The summed E-state index contributed by atoms with van der Waals surface area (Å²) in [6.07, 6.45) is 3.75. The number of aromatic nitrogens is 1. The molecule has 1 aromatic heterocycles. The third-order valence-electron chi connectivity index (χ3n) is 2.16. The molecule has 0 spiro atoms. The molecule has 0 amide bonds. The lowest BCUT2D eigenvalue weighted by atomic mass is 10.1. The molecule has 11 heavy (non-hydrogen) atoms. The van der Waals surface area contributed by atoms with Crippen molar-refractivity contribution in [2.45, 2.75) is 18.4 Å². The van der Waals surface area contributed by atoms with Gasteiger partial charge in [-0.05, 0) is 18.9 Å². The Hall–Kier alpha value is -1.09. The Morgan fingerprint density at radius 1 is 1.45 bits per heavy atom. The molecule has 0 bridgehead atoms. The lowest BCUT2D eigenvalue weighted by molar-refractivity contribution is 0.739. The molecule has 0 aromatic carbocycles. The number of anilines is 1. The van der Waals surface area contributed by atoms with Gasteiger partial charge in [0.15, 0.2) is 0 Å². The molecular weight excluding hydrogens is 138 g/mol. The van der Waals surface area contributed by atoms with Gasteiger partial charge >= 0.3 is 0 Å². The summed E-state index contributed by atoms with van der Waals surface area (Å²) in [5, 5.41) is 0. The average Bonchev–Trinajstić information content (AvgIpc) is 2.70. The number of nitrogen functional groups attached to an aromatic ring is 1. The van der Waals surface area contributed by atoms with Crippen LogP contribution in [0.3, 0.4) is 0 Å². The molecule has 58 valence electrons. The van der Waals surface area contributed by atoms with Gasteiger partial charge in [0.2, 0.25) is 0 Å². The van der Waals surface area contributed by atoms with Crippen LogP contribution in [0.2, 0.25) is 0 Å². The highest BCUT2D eigenvalue weighted by Gasteiger charge is 2.41. The topological polar surface area (TPSA) is 64.9 Å². The van der Waals surface area contributed by atoms with Gasteiger partial charge in [-0.15, -0.1) is 0 Å². The van der Waals surface area contributed by atoms with Crippen LogP contribution in [0, 0.1) is 0 Å². The van der Waals surface area contributed by atoms with E-state index in [4.69, 9.17) is 11.5 Å². The summed E-state index contributed by atoms with van der Waals surface area (Å²) in [5.41, 5.74) is 12.4. The van der Waals surface area contributed by atoms with Crippen molar-refractivity contribution < 1.29 is 0 Å². The summed E-state index contributed by atoms with van der Waals surface area (Å²) in [5.74, 6) is 0.576. The molecule has 3 nitrogen and oxygen atoms in total. The van der Waals surface area contributed by atoms with Crippen LogP contribution in [0.25, 0.3) is 0 Å². The van der Waals surface area contributed by atoms with Crippen LogP contribution in [0.5, 0.6) is 0 Å². The minimum absolute atomic E-state index is 0.154. The van der Waals surface area contributed by atoms with Crippen molar-refractivity contribution in [3.05, 3.63) is 23.9 Å². The molecule has 0 aliphatic heterocycles. The highest BCUT2D eigenvalue weighted by molar-refractivity contribution is 5.46. The Bertz CT molecular complexity index is 278. The van der Waals surface area contributed by atoms with E-state index >= 15 is 0 Å². The second-order valence-electron chi connectivity index (χ2n) is 3.09. The Labute approximate surface area is 65.4 Å². The van der Waals surface area contributed by atoms with Crippen molar-refractivity contribution in [2.24, 2.45) is 5.73 Å². The number of hydrogen-bond acceptors (Lipinski definition) is 3. The highest BCUT2D eigenvalue weighted by Crippen LogP contribution is 2.44. The third kappa shape index (κ3) is 0.973. The summed E-state index contributed by atoms with van der Waals surface area (Å²) < 4.78 is 0. The maximum Gasteiger partial charge on any atom is 0.128 e. The second-order valence-corrected chi connectivity index (χ2v) is 3.09. The zero-order chi connectivity index (χ0) is 7.90. The molecule has 2 rings (SSSR count). The van der Waals surface area contributed by atoms with Crippen LogP contribution < -0.4 is 11.5 Å². The summed E-state index contributed by atoms with van der Waals surface area (Å²) in [4.78, 5) is 3.98. The van der Waals surface area contributed by atoms with Crippen LogP contribution in [0.15, 0.2) is 18.3 Å². The standard InChI is InChI=1S/C8H11N3/c9-7-6(2-1-5-11-7)8(10)3-4-8/h1-2,5H,3-4,10H2,(H2,9,11). The van der Waals surface area contributed by atoms with Crippen LogP contribution in [-0.2, 0) is 5.54 Å². The minimum Gasteiger partial charge on any atom is -0.383 e. The predicted octanol–water partition coefficient (Wildman–Crippen LogP) is 0.612. The molecule has 1 fully saturated rings. The van der Waals surface area contributed by atoms with Crippen molar-refractivity contribution in [3.63, 3.8) is 0 Å². The van der Waals surface area contributed by atoms with E-state index in [0.29, 0.717) is 5.82 Å². The van der Waals surface area contributed by atoms with Crippen LogP contribution in [0.1, 0.15) is 18.4 Å². The number of hydrogen-bond donors (Lipinski definition) is 2. The molecule has 4 N–H and O–H groups in total. The molecule has 0 atom stereocenters. The molecule has 0 saturated heterocycles. The lowest BCUT2D eigenvalue weighted by Crippen LogP contribution is -2.20.